The van der Waals surface area contributed by atoms with E-state index in [1.54, 1.807) is 6.07 Å². The number of amides is 2. The molecule has 3 N–H and O–H groups in total. The molecule has 30 heavy (non-hydrogen) atoms. The summed E-state index contributed by atoms with van der Waals surface area (Å²) in [7, 11) is 0. The van der Waals surface area contributed by atoms with Gasteiger partial charge < -0.3 is 10.6 Å². The Labute approximate surface area is 184 Å². The SMILES string of the molecule is C=CC(=O)NC(=O)[C@H]1CCC[C@H]1c1csc(Cl)c1Nc1cc(NCC)ncc1C#N. The van der Waals surface area contributed by atoms with E-state index in [2.05, 4.69) is 33.6 Å². The molecular weight excluding hydrogens is 422 g/mol. The third kappa shape index (κ3) is 4.64. The van der Waals surface area contributed by atoms with Crippen molar-refractivity contribution in [1.82, 2.24) is 10.3 Å². The molecule has 0 aliphatic heterocycles. The highest BCUT2D eigenvalue weighted by molar-refractivity contribution is 7.15. The average molecular weight is 444 g/mol. The largest absolute Gasteiger partial charge is 0.370 e. The first-order valence-electron chi connectivity index (χ1n) is 9.63. The highest BCUT2D eigenvalue weighted by Crippen LogP contribution is 2.47. The number of imide groups is 1. The van der Waals surface area contributed by atoms with E-state index in [-0.39, 0.29) is 17.7 Å². The summed E-state index contributed by atoms with van der Waals surface area (Å²) in [6, 6.07) is 3.90. The van der Waals surface area contributed by atoms with Gasteiger partial charge in [0.15, 0.2) is 0 Å². The smallest absolute Gasteiger partial charge is 0.249 e. The van der Waals surface area contributed by atoms with Gasteiger partial charge in [-0.25, -0.2) is 4.98 Å². The molecule has 2 heterocycles. The van der Waals surface area contributed by atoms with Crippen LogP contribution in [-0.4, -0.2) is 23.3 Å². The van der Waals surface area contributed by atoms with Gasteiger partial charge in [-0.2, -0.15) is 5.26 Å². The van der Waals surface area contributed by atoms with Crippen LogP contribution >= 0.6 is 22.9 Å². The van der Waals surface area contributed by atoms with Crippen molar-refractivity contribution in [3.05, 3.63) is 45.8 Å². The summed E-state index contributed by atoms with van der Waals surface area (Å²) in [5.41, 5.74) is 2.58. The van der Waals surface area contributed by atoms with Crippen molar-refractivity contribution in [3.63, 3.8) is 0 Å². The third-order valence-corrected chi connectivity index (χ3v) is 6.34. The maximum absolute atomic E-state index is 12.6. The highest BCUT2D eigenvalue weighted by atomic mass is 35.5. The molecule has 1 saturated carbocycles. The molecule has 0 spiro atoms. The van der Waals surface area contributed by atoms with Crippen LogP contribution in [0.4, 0.5) is 17.2 Å². The number of carbonyl (C=O) groups excluding carboxylic acids is 2. The van der Waals surface area contributed by atoms with Gasteiger partial charge in [-0.3, -0.25) is 14.9 Å². The lowest BCUT2D eigenvalue weighted by Gasteiger charge is -2.20. The molecule has 9 heteroatoms. The minimum Gasteiger partial charge on any atom is -0.370 e. The number of pyridine rings is 1. The monoisotopic (exact) mass is 443 g/mol. The van der Waals surface area contributed by atoms with E-state index in [0.717, 1.165) is 24.5 Å². The number of thiophene rings is 1. The number of carbonyl (C=O) groups is 2. The average Bonchev–Trinajstić information content (AvgIpc) is 3.35. The lowest BCUT2D eigenvalue weighted by Crippen LogP contribution is -2.35. The zero-order chi connectivity index (χ0) is 21.7. The van der Waals surface area contributed by atoms with Crippen molar-refractivity contribution in [2.75, 3.05) is 17.2 Å². The summed E-state index contributed by atoms with van der Waals surface area (Å²) in [5, 5.41) is 20.2. The molecule has 7 nitrogen and oxygen atoms in total. The van der Waals surface area contributed by atoms with Crippen LogP contribution in [0, 0.1) is 17.2 Å². The fourth-order valence-corrected chi connectivity index (χ4v) is 4.81. The summed E-state index contributed by atoms with van der Waals surface area (Å²) in [4.78, 5) is 28.4. The highest BCUT2D eigenvalue weighted by Gasteiger charge is 2.36. The van der Waals surface area contributed by atoms with E-state index in [1.807, 2.05) is 12.3 Å². The van der Waals surface area contributed by atoms with E-state index < -0.39 is 5.91 Å². The number of aromatic nitrogens is 1. The Kier molecular flexibility index (Phi) is 7.08. The predicted molar refractivity (Wildman–Crippen MR) is 119 cm³/mol. The van der Waals surface area contributed by atoms with Crippen LogP contribution in [0.25, 0.3) is 0 Å². The van der Waals surface area contributed by atoms with Crippen LogP contribution in [0.3, 0.4) is 0 Å². The normalized spacial score (nSPS) is 17.8. The van der Waals surface area contributed by atoms with Crippen LogP contribution < -0.4 is 16.0 Å². The first-order valence-corrected chi connectivity index (χ1v) is 10.9. The Bertz CT molecular complexity index is 1010. The Hall–Kier alpha value is -2.89. The second-order valence-corrected chi connectivity index (χ2v) is 8.41. The predicted octanol–water partition coefficient (Wildman–Crippen LogP) is 4.56. The Balaban J connectivity index is 1.91. The second-order valence-electron chi connectivity index (χ2n) is 6.92. The number of hydrogen-bond acceptors (Lipinski definition) is 7. The molecule has 2 amide bonds. The summed E-state index contributed by atoms with van der Waals surface area (Å²) in [5.74, 6) is -0.557. The molecule has 2 aromatic heterocycles. The molecular formula is C21H22ClN5O2S. The fourth-order valence-electron chi connectivity index (χ4n) is 3.71. The van der Waals surface area contributed by atoms with Gasteiger partial charge in [0.05, 0.1) is 16.9 Å². The quantitative estimate of drug-likeness (QED) is 0.541. The summed E-state index contributed by atoms with van der Waals surface area (Å²) in [6.45, 7) is 6.05. The maximum Gasteiger partial charge on any atom is 0.249 e. The summed E-state index contributed by atoms with van der Waals surface area (Å²) < 4.78 is 0.545. The van der Waals surface area contributed by atoms with E-state index in [4.69, 9.17) is 11.6 Å². The van der Waals surface area contributed by atoms with Gasteiger partial charge in [0.1, 0.15) is 16.2 Å². The molecule has 156 valence electrons. The van der Waals surface area contributed by atoms with Crippen molar-refractivity contribution in [3.8, 4) is 6.07 Å². The number of anilines is 3. The summed E-state index contributed by atoms with van der Waals surface area (Å²) >= 11 is 7.85. The van der Waals surface area contributed by atoms with E-state index in [0.29, 0.717) is 40.1 Å². The van der Waals surface area contributed by atoms with Crippen LogP contribution in [0.2, 0.25) is 4.34 Å². The Morgan fingerprint density at radius 1 is 1.47 bits per heavy atom. The van der Waals surface area contributed by atoms with Crippen LogP contribution in [0.1, 0.15) is 43.2 Å². The molecule has 1 aliphatic carbocycles. The van der Waals surface area contributed by atoms with Crippen molar-refractivity contribution in [1.29, 1.82) is 5.26 Å². The maximum atomic E-state index is 12.6. The number of nitrogens with zero attached hydrogens (tertiary/aromatic N) is 2. The molecule has 0 bridgehead atoms. The second kappa shape index (κ2) is 9.74. The van der Waals surface area contributed by atoms with E-state index >= 15 is 0 Å². The van der Waals surface area contributed by atoms with Gasteiger partial charge in [-0.05, 0) is 42.7 Å². The third-order valence-electron chi connectivity index (χ3n) is 5.10. The lowest BCUT2D eigenvalue weighted by atomic mass is 9.89. The van der Waals surface area contributed by atoms with E-state index in [1.165, 1.54) is 17.5 Å². The van der Waals surface area contributed by atoms with Gasteiger partial charge in [-0.1, -0.05) is 24.6 Å². The molecule has 2 aromatic rings. The summed E-state index contributed by atoms with van der Waals surface area (Å²) in [6.07, 6.45) is 4.97. The first-order chi connectivity index (χ1) is 14.5. The molecule has 0 radical (unpaired) electrons. The Morgan fingerprint density at radius 3 is 2.97 bits per heavy atom. The van der Waals surface area contributed by atoms with Gasteiger partial charge >= 0.3 is 0 Å². The van der Waals surface area contributed by atoms with Crippen molar-refractivity contribution in [2.45, 2.75) is 32.1 Å². The topological polar surface area (TPSA) is 107 Å². The first kappa shape index (κ1) is 21.8. The molecule has 1 fully saturated rings. The zero-order valence-corrected chi connectivity index (χ0v) is 18.1. The lowest BCUT2D eigenvalue weighted by molar-refractivity contribution is -0.130. The minimum atomic E-state index is -0.501. The van der Waals surface area contributed by atoms with Crippen molar-refractivity contribution < 1.29 is 9.59 Å². The fraction of sp³-hybridized carbons (Fsp3) is 0.333. The molecule has 2 atom stereocenters. The van der Waals surface area contributed by atoms with E-state index in [9.17, 15) is 14.9 Å². The molecule has 0 aromatic carbocycles. The number of rotatable bonds is 7. The molecule has 1 aliphatic rings. The molecule has 0 saturated heterocycles. The molecule has 3 rings (SSSR count). The van der Waals surface area contributed by atoms with Crippen LogP contribution in [0.5, 0.6) is 0 Å². The zero-order valence-electron chi connectivity index (χ0n) is 16.5. The van der Waals surface area contributed by atoms with Gasteiger partial charge in [-0.15, -0.1) is 11.3 Å². The van der Waals surface area contributed by atoms with Gasteiger partial charge in [0.25, 0.3) is 0 Å². The number of nitriles is 1. The standard InChI is InChI=1S/C21H22ClN5O2S/c1-3-18(28)27-21(29)14-7-5-6-13(14)15-11-30-20(22)19(15)26-16-8-17(24-4-2)25-10-12(16)9-23/h3,8,10-11,13-14H,1,4-7H2,2H3,(H2,24,25,26)(H,27,28,29)/t13-,14+/m1/s1. The van der Waals surface area contributed by atoms with Crippen molar-refractivity contribution in [2.24, 2.45) is 5.92 Å². The minimum absolute atomic E-state index is 0.0746. The number of hydrogen-bond donors (Lipinski definition) is 3. The van der Waals surface area contributed by atoms with Crippen LogP contribution in [0.15, 0.2) is 30.3 Å². The Morgan fingerprint density at radius 2 is 2.27 bits per heavy atom. The number of nitrogens with one attached hydrogen (secondary N) is 3. The number of halogens is 1. The molecule has 0 unspecified atom stereocenters. The van der Waals surface area contributed by atoms with Crippen LogP contribution in [-0.2, 0) is 9.59 Å². The van der Waals surface area contributed by atoms with Gasteiger partial charge in [0, 0.05) is 24.7 Å². The van der Waals surface area contributed by atoms with Gasteiger partial charge in [0.2, 0.25) is 11.8 Å². The van der Waals surface area contributed by atoms with Crippen molar-refractivity contribution >= 4 is 51.9 Å².